The summed E-state index contributed by atoms with van der Waals surface area (Å²) in [6.07, 6.45) is 1.19. The first-order valence-corrected chi connectivity index (χ1v) is 10.4. The highest BCUT2D eigenvalue weighted by atomic mass is 35.5. The van der Waals surface area contributed by atoms with Gasteiger partial charge in [0.2, 0.25) is 0 Å². The van der Waals surface area contributed by atoms with E-state index in [1.807, 2.05) is 12.1 Å². The molecule has 3 aromatic rings. The Morgan fingerprint density at radius 2 is 1.80 bits per heavy atom. The monoisotopic (exact) mass is 441 g/mol. The van der Waals surface area contributed by atoms with Crippen molar-refractivity contribution in [3.63, 3.8) is 0 Å². The van der Waals surface area contributed by atoms with Crippen LogP contribution in [0.2, 0.25) is 10.0 Å². The fourth-order valence-corrected chi connectivity index (χ4v) is 4.24. The second-order valence-electron chi connectivity index (χ2n) is 7.40. The molecule has 154 valence electrons. The van der Waals surface area contributed by atoms with Crippen molar-refractivity contribution < 1.29 is 4.79 Å². The molecular weight excluding hydrogens is 421 g/mol. The molecule has 4 rings (SSSR count). The third kappa shape index (κ3) is 4.25. The van der Waals surface area contributed by atoms with Crippen molar-refractivity contribution in [3.05, 3.63) is 74.8 Å². The molecule has 2 heterocycles. The number of carbonyl (C=O) groups is 1. The summed E-state index contributed by atoms with van der Waals surface area (Å²) in [6.45, 7) is 3.75. The number of hydrogen-bond donors (Lipinski definition) is 0. The number of rotatable bonds is 5. The third-order valence-corrected chi connectivity index (χ3v) is 5.94. The van der Waals surface area contributed by atoms with Crippen LogP contribution in [0.1, 0.15) is 34.8 Å². The summed E-state index contributed by atoms with van der Waals surface area (Å²) in [4.78, 5) is 16.3. The molecule has 1 aliphatic heterocycles. The van der Waals surface area contributed by atoms with Crippen molar-refractivity contribution >= 4 is 40.5 Å². The van der Waals surface area contributed by atoms with Crippen molar-refractivity contribution in [1.29, 1.82) is 0 Å². The molecule has 30 heavy (non-hydrogen) atoms. The van der Waals surface area contributed by atoms with Crippen molar-refractivity contribution in [3.8, 4) is 0 Å². The van der Waals surface area contributed by atoms with Gasteiger partial charge in [0, 0.05) is 19.5 Å². The molecule has 0 saturated carbocycles. The maximum Gasteiger partial charge on any atom is 0.266 e. The number of nitrogens with zero attached hydrogens (tertiary/aromatic N) is 5. The van der Waals surface area contributed by atoms with Crippen LogP contribution in [0.4, 0.5) is 5.95 Å². The molecular formula is C22H21Cl2N5O. The molecule has 1 aromatic heterocycles. The molecule has 0 N–H and O–H groups in total. The standard InChI is InChI=1S/C22H21Cl2N5O/c1-14-10-11-29(22-25-27-28(2)26-22)13-17(14)16-8-6-15(7-9-16)12-20(30)21-18(23)4-3-5-19(21)24/h3-9H,10-13H2,1-2H3. The first-order valence-electron chi connectivity index (χ1n) is 9.66. The van der Waals surface area contributed by atoms with Crippen LogP contribution in [0.5, 0.6) is 0 Å². The number of carbonyl (C=O) groups excluding carboxylic acids is 1. The van der Waals surface area contributed by atoms with Gasteiger partial charge < -0.3 is 4.90 Å². The zero-order valence-electron chi connectivity index (χ0n) is 16.8. The quantitative estimate of drug-likeness (QED) is 0.540. The summed E-state index contributed by atoms with van der Waals surface area (Å²) < 4.78 is 0. The molecule has 0 spiro atoms. The van der Waals surface area contributed by atoms with Crippen molar-refractivity contribution in [1.82, 2.24) is 20.2 Å². The number of anilines is 1. The molecule has 0 fully saturated rings. The van der Waals surface area contributed by atoms with E-state index >= 15 is 0 Å². The van der Waals surface area contributed by atoms with Gasteiger partial charge in [-0.2, -0.15) is 4.80 Å². The predicted octanol–water partition coefficient (Wildman–Crippen LogP) is 4.63. The first-order chi connectivity index (χ1) is 14.4. The van der Waals surface area contributed by atoms with E-state index in [1.165, 1.54) is 15.9 Å². The summed E-state index contributed by atoms with van der Waals surface area (Å²) in [7, 11) is 1.76. The van der Waals surface area contributed by atoms with Crippen LogP contribution in [0.25, 0.3) is 5.57 Å². The lowest BCUT2D eigenvalue weighted by Crippen LogP contribution is -2.31. The Hall–Kier alpha value is -2.70. The number of halogens is 2. The number of aromatic nitrogens is 4. The Kier molecular flexibility index (Phi) is 5.88. The van der Waals surface area contributed by atoms with Gasteiger partial charge in [0.15, 0.2) is 5.78 Å². The van der Waals surface area contributed by atoms with Gasteiger partial charge in [0.1, 0.15) is 0 Å². The minimum absolute atomic E-state index is 0.0914. The van der Waals surface area contributed by atoms with Gasteiger partial charge in [-0.15, -0.1) is 5.10 Å². The fourth-order valence-electron chi connectivity index (χ4n) is 3.63. The van der Waals surface area contributed by atoms with E-state index < -0.39 is 0 Å². The second kappa shape index (κ2) is 8.58. The summed E-state index contributed by atoms with van der Waals surface area (Å²) in [6, 6.07) is 13.2. The number of hydrogen-bond acceptors (Lipinski definition) is 5. The van der Waals surface area contributed by atoms with Gasteiger partial charge in [0.05, 0.1) is 22.7 Å². The molecule has 0 bridgehead atoms. The topological polar surface area (TPSA) is 63.9 Å². The van der Waals surface area contributed by atoms with Crippen LogP contribution in [-0.4, -0.2) is 39.1 Å². The van der Waals surface area contributed by atoms with Gasteiger partial charge in [-0.1, -0.05) is 64.2 Å². The van der Waals surface area contributed by atoms with E-state index in [2.05, 4.69) is 39.4 Å². The number of tetrazole rings is 1. The second-order valence-corrected chi connectivity index (χ2v) is 8.22. The zero-order chi connectivity index (χ0) is 21.3. The average molecular weight is 442 g/mol. The average Bonchev–Trinajstić information content (AvgIpc) is 3.15. The minimum atomic E-state index is -0.0914. The van der Waals surface area contributed by atoms with E-state index in [0.29, 0.717) is 21.6 Å². The minimum Gasteiger partial charge on any atom is -0.334 e. The Balaban J connectivity index is 1.51. The third-order valence-electron chi connectivity index (χ3n) is 5.31. The van der Waals surface area contributed by atoms with Crippen LogP contribution in [-0.2, 0) is 13.5 Å². The van der Waals surface area contributed by atoms with Crippen LogP contribution in [0.15, 0.2) is 48.0 Å². The number of Topliss-reactive ketones (excluding diaryl/α,β-unsaturated/α-hetero) is 1. The summed E-state index contributed by atoms with van der Waals surface area (Å²) >= 11 is 12.3. The van der Waals surface area contributed by atoms with Crippen LogP contribution < -0.4 is 4.90 Å². The van der Waals surface area contributed by atoms with Gasteiger partial charge in [-0.25, -0.2) is 0 Å². The molecule has 0 aliphatic carbocycles. The highest BCUT2D eigenvalue weighted by Gasteiger charge is 2.21. The molecule has 0 radical (unpaired) electrons. The molecule has 2 aromatic carbocycles. The Morgan fingerprint density at radius 3 is 2.43 bits per heavy atom. The van der Waals surface area contributed by atoms with Gasteiger partial charge in [-0.05, 0) is 47.4 Å². The molecule has 0 atom stereocenters. The fraction of sp³-hybridized carbons (Fsp3) is 0.273. The highest BCUT2D eigenvalue weighted by molar-refractivity contribution is 6.39. The maximum absolute atomic E-state index is 12.7. The van der Waals surface area contributed by atoms with Crippen molar-refractivity contribution in [2.45, 2.75) is 19.8 Å². The highest BCUT2D eigenvalue weighted by Crippen LogP contribution is 2.29. The molecule has 1 aliphatic rings. The van der Waals surface area contributed by atoms with Crippen LogP contribution in [0, 0.1) is 0 Å². The van der Waals surface area contributed by atoms with Gasteiger partial charge in [-0.3, -0.25) is 4.79 Å². The van der Waals surface area contributed by atoms with Crippen molar-refractivity contribution in [2.75, 3.05) is 18.0 Å². The summed E-state index contributed by atoms with van der Waals surface area (Å²) in [5.41, 5.74) is 5.03. The smallest absolute Gasteiger partial charge is 0.266 e. The van der Waals surface area contributed by atoms with Crippen LogP contribution >= 0.6 is 23.2 Å². The SMILES string of the molecule is CC1=C(c2ccc(CC(=O)c3c(Cl)cccc3Cl)cc2)CN(c2nnn(C)n2)CC1. The van der Waals surface area contributed by atoms with E-state index in [4.69, 9.17) is 23.2 Å². The largest absolute Gasteiger partial charge is 0.334 e. The molecule has 6 nitrogen and oxygen atoms in total. The lowest BCUT2D eigenvalue weighted by molar-refractivity contribution is 0.0993. The van der Waals surface area contributed by atoms with Crippen LogP contribution in [0.3, 0.4) is 0 Å². The lowest BCUT2D eigenvalue weighted by atomic mass is 9.93. The molecule has 0 unspecified atom stereocenters. The summed E-state index contributed by atoms with van der Waals surface area (Å²) in [5, 5.41) is 13.1. The Morgan fingerprint density at radius 1 is 1.10 bits per heavy atom. The lowest BCUT2D eigenvalue weighted by Gasteiger charge is -2.29. The van der Waals surface area contributed by atoms with E-state index in [9.17, 15) is 4.79 Å². The van der Waals surface area contributed by atoms with E-state index in [0.717, 1.165) is 30.6 Å². The number of aryl methyl sites for hydroxylation is 1. The first kappa shape index (κ1) is 20.6. The number of benzene rings is 2. The maximum atomic E-state index is 12.7. The Bertz CT molecular complexity index is 1100. The zero-order valence-corrected chi connectivity index (χ0v) is 18.3. The molecule has 8 heteroatoms. The Labute approximate surface area is 185 Å². The molecule has 0 saturated heterocycles. The van der Waals surface area contributed by atoms with E-state index in [1.54, 1.807) is 25.2 Å². The normalized spacial score (nSPS) is 14.3. The molecule has 0 amide bonds. The summed E-state index contributed by atoms with van der Waals surface area (Å²) in [5.74, 6) is 0.549. The van der Waals surface area contributed by atoms with Gasteiger partial charge >= 0.3 is 0 Å². The van der Waals surface area contributed by atoms with E-state index in [-0.39, 0.29) is 12.2 Å². The van der Waals surface area contributed by atoms with Crippen molar-refractivity contribution in [2.24, 2.45) is 7.05 Å². The van der Waals surface area contributed by atoms with Gasteiger partial charge in [0.25, 0.3) is 5.95 Å². The number of ketones is 1. The predicted molar refractivity (Wildman–Crippen MR) is 119 cm³/mol.